The number of nitrogens with zero attached hydrogens (tertiary/aromatic N) is 2. The molecule has 0 aliphatic heterocycles. The van der Waals surface area contributed by atoms with Crippen molar-refractivity contribution in [2.45, 2.75) is 6.54 Å². The Bertz CT molecular complexity index is 471. The van der Waals surface area contributed by atoms with Crippen molar-refractivity contribution in [1.29, 1.82) is 5.26 Å². The Hall–Kier alpha value is -1.86. The highest BCUT2D eigenvalue weighted by Gasteiger charge is 2.00. The first-order valence-electron chi connectivity index (χ1n) is 4.51. The van der Waals surface area contributed by atoms with Gasteiger partial charge in [-0.2, -0.15) is 5.26 Å². The van der Waals surface area contributed by atoms with Crippen LogP contribution in [0.5, 0.6) is 0 Å². The van der Waals surface area contributed by atoms with Gasteiger partial charge in [0.15, 0.2) is 0 Å². The summed E-state index contributed by atoms with van der Waals surface area (Å²) in [5, 5.41) is 15.0. The molecule has 0 spiro atoms. The molecule has 1 N–H and O–H groups in total. The molecule has 4 heteroatoms. The van der Waals surface area contributed by atoms with E-state index in [9.17, 15) is 0 Å². The van der Waals surface area contributed by atoms with Crippen LogP contribution >= 0.6 is 11.3 Å². The second kappa shape index (κ2) is 4.58. The molecule has 0 aliphatic carbocycles. The van der Waals surface area contributed by atoms with Gasteiger partial charge in [0, 0.05) is 11.6 Å². The van der Waals surface area contributed by atoms with Crippen LogP contribution in [0.25, 0.3) is 0 Å². The normalized spacial score (nSPS) is 9.53. The number of thiazole rings is 1. The Morgan fingerprint density at radius 3 is 3.00 bits per heavy atom. The Balaban J connectivity index is 2.08. The van der Waals surface area contributed by atoms with Crippen molar-refractivity contribution in [1.82, 2.24) is 4.98 Å². The minimum atomic E-state index is 0.661. The van der Waals surface area contributed by atoms with E-state index in [1.165, 1.54) is 0 Å². The molecule has 0 saturated carbocycles. The molecular weight excluding hydrogens is 206 g/mol. The van der Waals surface area contributed by atoms with Crippen LogP contribution in [0.1, 0.15) is 10.6 Å². The molecule has 2 aromatic rings. The highest BCUT2D eigenvalue weighted by molar-refractivity contribution is 7.09. The van der Waals surface area contributed by atoms with Crippen LogP contribution < -0.4 is 5.32 Å². The molecular formula is C11H9N3S. The molecule has 3 nitrogen and oxygen atoms in total. The maximum Gasteiger partial charge on any atom is 0.112 e. The van der Waals surface area contributed by atoms with E-state index in [0.29, 0.717) is 12.1 Å². The SMILES string of the molecule is N#Cc1ccccc1NCc1nccs1. The summed E-state index contributed by atoms with van der Waals surface area (Å²) in [6, 6.07) is 9.60. The van der Waals surface area contributed by atoms with Crippen LogP contribution in [-0.4, -0.2) is 4.98 Å². The number of nitrogens with one attached hydrogen (secondary N) is 1. The molecule has 1 heterocycles. The lowest BCUT2D eigenvalue weighted by Crippen LogP contribution is -2.00. The first-order chi connectivity index (χ1) is 7.40. The Morgan fingerprint density at radius 2 is 2.27 bits per heavy atom. The number of benzene rings is 1. The van der Waals surface area contributed by atoms with E-state index in [1.807, 2.05) is 23.6 Å². The molecule has 0 saturated heterocycles. The van der Waals surface area contributed by atoms with Crippen molar-refractivity contribution in [2.75, 3.05) is 5.32 Å². The van der Waals surface area contributed by atoms with Crippen molar-refractivity contribution in [2.24, 2.45) is 0 Å². The van der Waals surface area contributed by atoms with Gasteiger partial charge in [0.25, 0.3) is 0 Å². The van der Waals surface area contributed by atoms with E-state index in [-0.39, 0.29) is 0 Å². The smallest absolute Gasteiger partial charge is 0.112 e. The average molecular weight is 215 g/mol. The van der Waals surface area contributed by atoms with E-state index in [0.717, 1.165) is 10.7 Å². The summed E-state index contributed by atoms with van der Waals surface area (Å²) in [7, 11) is 0. The molecule has 0 amide bonds. The van der Waals surface area contributed by atoms with Gasteiger partial charge < -0.3 is 5.32 Å². The van der Waals surface area contributed by atoms with Gasteiger partial charge in [-0.3, -0.25) is 0 Å². The molecule has 1 aromatic carbocycles. The highest BCUT2D eigenvalue weighted by Crippen LogP contribution is 2.15. The topological polar surface area (TPSA) is 48.7 Å². The highest BCUT2D eigenvalue weighted by atomic mass is 32.1. The van der Waals surface area contributed by atoms with Gasteiger partial charge >= 0.3 is 0 Å². The van der Waals surface area contributed by atoms with E-state index in [1.54, 1.807) is 23.6 Å². The van der Waals surface area contributed by atoms with Crippen LogP contribution in [0.4, 0.5) is 5.69 Å². The summed E-state index contributed by atoms with van der Waals surface area (Å²) in [6.07, 6.45) is 1.78. The third kappa shape index (κ3) is 2.33. The summed E-state index contributed by atoms with van der Waals surface area (Å²) in [5.41, 5.74) is 1.52. The monoisotopic (exact) mass is 215 g/mol. The minimum Gasteiger partial charge on any atom is -0.377 e. The summed E-state index contributed by atoms with van der Waals surface area (Å²) >= 11 is 1.60. The average Bonchev–Trinajstić information content (AvgIpc) is 2.79. The van der Waals surface area contributed by atoms with Crippen LogP contribution in [0.2, 0.25) is 0 Å². The van der Waals surface area contributed by atoms with Crippen LogP contribution in [-0.2, 0) is 6.54 Å². The first kappa shape index (κ1) is 9.69. The van der Waals surface area contributed by atoms with Crippen molar-refractivity contribution in [3.63, 3.8) is 0 Å². The molecule has 15 heavy (non-hydrogen) atoms. The zero-order chi connectivity index (χ0) is 10.5. The molecule has 74 valence electrons. The van der Waals surface area contributed by atoms with Gasteiger partial charge in [-0.25, -0.2) is 4.98 Å². The largest absolute Gasteiger partial charge is 0.377 e. The third-order valence-corrected chi connectivity index (χ3v) is 2.74. The quantitative estimate of drug-likeness (QED) is 0.856. The summed E-state index contributed by atoms with van der Waals surface area (Å²) in [4.78, 5) is 4.16. The van der Waals surface area contributed by atoms with E-state index >= 15 is 0 Å². The molecule has 0 radical (unpaired) electrons. The van der Waals surface area contributed by atoms with Crippen LogP contribution in [0.3, 0.4) is 0 Å². The third-order valence-electron chi connectivity index (χ3n) is 1.96. The molecule has 0 atom stereocenters. The number of hydrogen-bond acceptors (Lipinski definition) is 4. The predicted molar refractivity (Wildman–Crippen MR) is 60.6 cm³/mol. The van der Waals surface area contributed by atoms with Crippen molar-refractivity contribution >= 4 is 17.0 Å². The molecule has 1 aromatic heterocycles. The number of rotatable bonds is 3. The molecule has 0 aliphatic rings. The molecule has 2 rings (SSSR count). The number of aromatic nitrogens is 1. The number of hydrogen-bond donors (Lipinski definition) is 1. The van der Waals surface area contributed by atoms with E-state index < -0.39 is 0 Å². The maximum absolute atomic E-state index is 8.87. The number of nitriles is 1. The van der Waals surface area contributed by atoms with Gasteiger partial charge in [-0.05, 0) is 12.1 Å². The zero-order valence-electron chi connectivity index (χ0n) is 7.97. The fourth-order valence-electron chi connectivity index (χ4n) is 1.25. The fraction of sp³-hybridized carbons (Fsp3) is 0.0909. The Kier molecular flexibility index (Phi) is 2.96. The predicted octanol–water partition coefficient (Wildman–Crippen LogP) is 2.63. The second-order valence-corrected chi connectivity index (χ2v) is 3.92. The Morgan fingerprint density at radius 1 is 1.40 bits per heavy atom. The standard InChI is InChI=1S/C11H9N3S/c12-7-9-3-1-2-4-10(9)14-8-11-13-5-6-15-11/h1-6,14H,8H2. The minimum absolute atomic E-state index is 0.661. The van der Waals surface area contributed by atoms with Gasteiger partial charge in [0.05, 0.1) is 17.8 Å². The van der Waals surface area contributed by atoms with Crippen molar-refractivity contribution in [3.8, 4) is 6.07 Å². The molecule has 0 bridgehead atoms. The van der Waals surface area contributed by atoms with Gasteiger partial charge in [-0.1, -0.05) is 12.1 Å². The van der Waals surface area contributed by atoms with Crippen molar-refractivity contribution in [3.05, 3.63) is 46.4 Å². The maximum atomic E-state index is 8.87. The lowest BCUT2D eigenvalue weighted by atomic mass is 10.2. The van der Waals surface area contributed by atoms with Gasteiger partial charge in [0.2, 0.25) is 0 Å². The van der Waals surface area contributed by atoms with Crippen molar-refractivity contribution < 1.29 is 0 Å². The first-order valence-corrected chi connectivity index (χ1v) is 5.39. The Labute approximate surface area is 92.0 Å². The van der Waals surface area contributed by atoms with Gasteiger partial charge in [-0.15, -0.1) is 11.3 Å². The molecule has 0 unspecified atom stereocenters. The number of anilines is 1. The summed E-state index contributed by atoms with van der Waals surface area (Å²) < 4.78 is 0. The number of para-hydroxylation sites is 1. The van der Waals surface area contributed by atoms with E-state index in [4.69, 9.17) is 5.26 Å². The second-order valence-electron chi connectivity index (χ2n) is 2.94. The summed E-state index contributed by atoms with van der Waals surface area (Å²) in [6.45, 7) is 0.663. The zero-order valence-corrected chi connectivity index (χ0v) is 8.79. The fourth-order valence-corrected chi connectivity index (χ4v) is 1.80. The summed E-state index contributed by atoms with van der Waals surface area (Å²) in [5.74, 6) is 0. The lowest BCUT2D eigenvalue weighted by molar-refractivity contribution is 1.10. The van der Waals surface area contributed by atoms with E-state index in [2.05, 4.69) is 16.4 Å². The van der Waals surface area contributed by atoms with Crippen LogP contribution in [0, 0.1) is 11.3 Å². The molecule has 0 fully saturated rings. The van der Waals surface area contributed by atoms with Gasteiger partial charge in [0.1, 0.15) is 11.1 Å². The lowest BCUT2D eigenvalue weighted by Gasteiger charge is -2.05. The van der Waals surface area contributed by atoms with Crippen LogP contribution in [0.15, 0.2) is 35.8 Å².